The number of nitrogens with one attached hydrogen (secondary N) is 1. The summed E-state index contributed by atoms with van der Waals surface area (Å²) in [5, 5.41) is 3.41. The predicted octanol–water partition coefficient (Wildman–Crippen LogP) is 1.27. The second kappa shape index (κ2) is 7.21. The monoisotopic (exact) mass is 200 g/mol. The number of rotatable bonds is 7. The van der Waals surface area contributed by atoms with E-state index in [4.69, 9.17) is 10.5 Å². The number of nitrogens with two attached hydrogens (primary N) is 1. The van der Waals surface area contributed by atoms with Gasteiger partial charge in [-0.25, -0.2) is 0 Å². The van der Waals surface area contributed by atoms with E-state index in [0.29, 0.717) is 12.1 Å². The van der Waals surface area contributed by atoms with Crippen molar-refractivity contribution in [2.45, 2.75) is 51.2 Å². The van der Waals surface area contributed by atoms with E-state index in [1.165, 1.54) is 19.3 Å². The van der Waals surface area contributed by atoms with Gasteiger partial charge in [0, 0.05) is 19.2 Å². The minimum absolute atomic E-state index is 0.372. The van der Waals surface area contributed by atoms with Gasteiger partial charge >= 0.3 is 0 Å². The maximum absolute atomic E-state index is 5.91. The molecule has 0 spiro atoms. The van der Waals surface area contributed by atoms with Crippen LogP contribution >= 0.6 is 0 Å². The highest BCUT2D eigenvalue weighted by atomic mass is 16.5. The smallest absolute Gasteiger partial charge is 0.0700 e. The maximum atomic E-state index is 5.91. The van der Waals surface area contributed by atoms with Crippen LogP contribution in [0.1, 0.15) is 39.0 Å². The quantitative estimate of drug-likeness (QED) is 0.608. The first-order valence-corrected chi connectivity index (χ1v) is 5.90. The summed E-state index contributed by atoms with van der Waals surface area (Å²) in [6.45, 7) is 5.15. The molecule has 0 amide bonds. The second-order valence-corrected chi connectivity index (χ2v) is 4.18. The van der Waals surface area contributed by atoms with Crippen LogP contribution < -0.4 is 11.1 Å². The van der Waals surface area contributed by atoms with Crippen molar-refractivity contribution in [2.75, 3.05) is 19.7 Å². The van der Waals surface area contributed by atoms with Crippen LogP contribution in [-0.2, 0) is 4.74 Å². The second-order valence-electron chi connectivity index (χ2n) is 4.18. The van der Waals surface area contributed by atoms with Gasteiger partial charge in [-0.1, -0.05) is 13.3 Å². The normalized spacial score (nSPS) is 24.0. The predicted molar refractivity (Wildman–Crippen MR) is 59.3 cm³/mol. The van der Waals surface area contributed by atoms with Crippen LogP contribution in [0.5, 0.6) is 0 Å². The van der Waals surface area contributed by atoms with Crippen LogP contribution in [0.4, 0.5) is 0 Å². The van der Waals surface area contributed by atoms with Gasteiger partial charge in [0.2, 0.25) is 0 Å². The molecule has 0 bridgehead atoms. The molecular weight excluding hydrogens is 176 g/mol. The molecule has 1 saturated heterocycles. The first-order chi connectivity index (χ1) is 6.83. The summed E-state index contributed by atoms with van der Waals surface area (Å²) < 4.78 is 5.51. The molecular formula is C11H24N2O. The molecule has 0 aromatic carbocycles. The molecule has 0 saturated carbocycles. The van der Waals surface area contributed by atoms with Gasteiger partial charge in [-0.2, -0.15) is 0 Å². The highest BCUT2D eigenvalue weighted by Gasteiger charge is 2.14. The number of ether oxygens (including phenoxy) is 1. The van der Waals surface area contributed by atoms with Gasteiger partial charge in [-0.05, 0) is 32.2 Å². The van der Waals surface area contributed by atoms with Crippen LogP contribution in [0.2, 0.25) is 0 Å². The van der Waals surface area contributed by atoms with Crippen molar-refractivity contribution in [3.63, 3.8) is 0 Å². The maximum Gasteiger partial charge on any atom is 0.0700 e. The molecule has 1 fully saturated rings. The molecule has 0 radical (unpaired) electrons. The van der Waals surface area contributed by atoms with Gasteiger partial charge < -0.3 is 15.8 Å². The van der Waals surface area contributed by atoms with Crippen molar-refractivity contribution in [3.8, 4) is 0 Å². The van der Waals surface area contributed by atoms with E-state index in [1.807, 2.05) is 0 Å². The minimum Gasteiger partial charge on any atom is -0.377 e. The number of hydrogen-bond donors (Lipinski definition) is 2. The first-order valence-electron chi connectivity index (χ1n) is 5.90. The Morgan fingerprint density at radius 1 is 1.50 bits per heavy atom. The molecule has 0 aromatic rings. The third-order valence-electron chi connectivity index (χ3n) is 2.75. The molecule has 14 heavy (non-hydrogen) atoms. The fourth-order valence-corrected chi connectivity index (χ4v) is 1.87. The van der Waals surface area contributed by atoms with Crippen molar-refractivity contribution in [2.24, 2.45) is 5.73 Å². The van der Waals surface area contributed by atoms with E-state index in [1.54, 1.807) is 0 Å². The molecule has 0 aliphatic carbocycles. The van der Waals surface area contributed by atoms with Crippen molar-refractivity contribution < 1.29 is 4.74 Å². The van der Waals surface area contributed by atoms with E-state index in [2.05, 4.69) is 12.2 Å². The molecule has 3 N–H and O–H groups in total. The van der Waals surface area contributed by atoms with Gasteiger partial charge in [-0.15, -0.1) is 0 Å². The Hall–Kier alpha value is -0.120. The summed E-state index contributed by atoms with van der Waals surface area (Å²) in [5.41, 5.74) is 5.91. The Morgan fingerprint density at radius 3 is 3.00 bits per heavy atom. The van der Waals surface area contributed by atoms with Gasteiger partial charge in [0.15, 0.2) is 0 Å². The molecule has 1 rings (SSSR count). The summed E-state index contributed by atoms with van der Waals surface area (Å²) in [7, 11) is 0. The Morgan fingerprint density at radius 2 is 2.36 bits per heavy atom. The average molecular weight is 200 g/mol. The van der Waals surface area contributed by atoms with Crippen LogP contribution in [0, 0.1) is 0 Å². The molecule has 1 aliphatic heterocycles. The van der Waals surface area contributed by atoms with E-state index in [0.717, 1.165) is 32.5 Å². The molecule has 1 aliphatic rings. The molecule has 1 heterocycles. The number of hydrogen-bond acceptors (Lipinski definition) is 3. The van der Waals surface area contributed by atoms with E-state index < -0.39 is 0 Å². The van der Waals surface area contributed by atoms with E-state index >= 15 is 0 Å². The zero-order valence-electron chi connectivity index (χ0n) is 9.30. The first kappa shape index (κ1) is 12.0. The lowest BCUT2D eigenvalue weighted by Crippen LogP contribution is -2.31. The summed E-state index contributed by atoms with van der Waals surface area (Å²) in [6, 6.07) is 0.372. The Labute approximate surface area is 87.4 Å². The Kier molecular flexibility index (Phi) is 6.15. The topological polar surface area (TPSA) is 47.3 Å². The van der Waals surface area contributed by atoms with Crippen LogP contribution in [0.25, 0.3) is 0 Å². The molecule has 3 heteroatoms. The summed E-state index contributed by atoms with van der Waals surface area (Å²) in [6.07, 6.45) is 6.31. The standard InChI is InChI=1S/C11H24N2O/c1-2-4-10(12)6-7-13-9-11-5-3-8-14-11/h10-11,13H,2-9,12H2,1H3. The summed E-state index contributed by atoms with van der Waals surface area (Å²) in [5.74, 6) is 0. The van der Waals surface area contributed by atoms with Crippen molar-refractivity contribution in [3.05, 3.63) is 0 Å². The SMILES string of the molecule is CCCC(N)CCNCC1CCCO1. The van der Waals surface area contributed by atoms with E-state index in [9.17, 15) is 0 Å². The zero-order valence-corrected chi connectivity index (χ0v) is 9.30. The van der Waals surface area contributed by atoms with Gasteiger partial charge in [-0.3, -0.25) is 0 Å². The molecule has 3 nitrogen and oxygen atoms in total. The van der Waals surface area contributed by atoms with E-state index in [-0.39, 0.29) is 0 Å². The third-order valence-corrected chi connectivity index (χ3v) is 2.75. The molecule has 84 valence electrons. The van der Waals surface area contributed by atoms with Crippen LogP contribution in [0.15, 0.2) is 0 Å². The largest absolute Gasteiger partial charge is 0.377 e. The Bertz CT molecular complexity index is 135. The summed E-state index contributed by atoms with van der Waals surface area (Å²) in [4.78, 5) is 0. The average Bonchev–Trinajstić information content (AvgIpc) is 2.65. The molecule has 2 atom stereocenters. The fourth-order valence-electron chi connectivity index (χ4n) is 1.87. The van der Waals surface area contributed by atoms with Gasteiger partial charge in [0.05, 0.1) is 6.10 Å². The van der Waals surface area contributed by atoms with Crippen molar-refractivity contribution >= 4 is 0 Å². The molecule has 0 aromatic heterocycles. The lowest BCUT2D eigenvalue weighted by molar-refractivity contribution is 0.110. The summed E-state index contributed by atoms with van der Waals surface area (Å²) >= 11 is 0. The fraction of sp³-hybridized carbons (Fsp3) is 1.00. The lowest BCUT2D eigenvalue weighted by atomic mass is 10.1. The zero-order chi connectivity index (χ0) is 10.2. The van der Waals surface area contributed by atoms with Crippen LogP contribution in [-0.4, -0.2) is 31.8 Å². The third kappa shape index (κ3) is 4.94. The molecule has 2 unspecified atom stereocenters. The highest BCUT2D eigenvalue weighted by molar-refractivity contribution is 4.68. The van der Waals surface area contributed by atoms with Gasteiger partial charge in [0.25, 0.3) is 0 Å². The minimum atomic E-state index is 0.372. The van der Waals surface area contributed by atoms with Gasteiger partial charge in [0.1, 0.15) is 0 Å². The van der Waals surface area contributed by atoms with Crippen molar-refractivity contribution in [1.82, 2.24) is 5.32 Å². The van der Waals surface area contributed by atoms with Crippen LogP contribution in [0.3, 0.4) is 0 Å². The Balaban J connectivity index is 1.88. The van der Waals surface area contributed by atoms with Crippen molar-refractivity contribution in [1.29, 1.82) is 0 Å². The highest BCUT2D eigenvalue weighted by Crippen LogP contribution is 2.10. The lowest BCUT2D eigenvalue weighted by Gasteiger charge is -2.13.